The highest BCUT2D eigenvalue weighted by atomic mass is 16.2. The Bertz CT molecular complexity index is 235. The standard InChI is InChI=1S/C10H19N3O2/c1-8(2)9(11)10(15)13-5-3-12(7-14)4-6-13/h7-9H,3-6,11H2,1-2H3/t9-/m1/s1. The first-order valence-corrected chi connectivity index (χ1v) is 5.30. The highest BCUT2D eigenvalue weighted by Gasteiger charge is 2.26. The van der Waals surface area contributed by atoms with Crippen molar-refractivity contribution in [2.45, 2.75) is 19.9 Å². The average Bonchev–Trinajstić information content (AvgIpc) is 2.27. The zero-order valence-electron chi connectivity index (χ0n) is 9.35. The second-order valence-corrected chi connectivity index (χ2v) is 4.24. The molecule has 2 N–H and O–H groups in total. The fraction of sp³-hybridized carbons (Fsp3) is 0.800. The van der Waals surface area contributed by atoms with Crippen LogP contribution in [0.25, 0.3) is 0 Å². The molecule has 15 heavy (non-hydrogen) atoms. The van der Waals surface area contributed by atoms with Gasteiger partial charge < -0.3 is 15.5 Å². The summed E-state index contributed by atoms with van der Waals surface area (Å²) >= 11 is 0. The molecule has 0 aromatic heterocycles. The molecule has 0 aromatic rings. The van der Waals surface area contributed by atoms with Crippen LogP contribution in [0.4, 0.5) is 0 Å². The third-order valence-electron chi connectivity index (χ3n) is 2.78. The summed E-state index contributed by atoms with van der Waals surface area (Å²) in [6.45, 7) is 6.28. The lowest BCUT2D eigenvalue weighted by Crippen LogP contribution is -2.54. The highest BCUT2D eigenvalue weighted by Crippen LogP contribution is 2.06. The maximum Gasteiger partial charge on any atom is 0.239 e. The minimum absolute atomic E-state index is 0.00412. The smallest absolute Gasteiger partial charge is 0.239 e. The Labute approximate surface area is 90.2 Å². The van der Waals surface area contributed by atoms with Crippen LogP contribution in [0.15, 0.2) is 0 Å². The molecule has 1 saturated heterocycles. The number of carbonyl (C=O) groups excluding carboxylic acids is 2. The summed E-state index contributed by atoms with van der Waals surface area (Å²) < 4.78 is 0. The third kappa shape index (κ3) is 2.92. The van der Waals surface area contributed by atoms with Crippen LogP contribution >= 0.6 is 0 Å². The SMILES string of the molecule is CC(C)[C@@H](N)C(=O)N1CCN(C=O)CC1. The van der Waals surface area contributed by atoms with Crippen LogP contribution in [0.5, 0.6) is 0 Å². The van der Waals surface area contributed by atoms with E-state index in [0.717, 1.165) is 6.41 Å². The molecular weight excluding hydrogens is 194 g/mol. The number of carbonyl (C=O) groups is 2. The molecule has 2 amide bonds. The fourth-order valence-electron chi connectivity index (χ4n) is 1.54. The van der Waals surface area contributed by atoms with Crippen molar-refractivity contribution in [2.75, 3.05) is 26.2 Å². The van der Waals surface area contributed by atoms with Crippen LogP contribution in [0.3, 0.4) is 0 Å². The normalized spacial score (nSPS) is 19.2. The lowest BCUT2D eigenvalue weighted by Gasteiger charge is -2.34. The Balaban J connectivity index is 2.46. The van der Waals surface area contributed by atoms with Gasteiger partial charge in [-0.2, -0.15) is 0 Å². The molecule has 1 aliphatic heterocycles. The van der Waals surface area contributed by atoms with Gasteiger partial charge in [-0.25, -0.2) is 0 Å². The highest BCUT2D eigenvalue weighted by molar-refractivity contribution is 5.82. The van der Waals surface area contributed by atoms with Crippen molar-refractivity contribution in [1.82, 2.24) is 9.80 Å². The van der Waals surface area contributed by atoms with Gasteiger partial charge in [-0.15, -0.1) is 0 Å². The number of piperazine rings is 1. The number of nitrogens with zero attached hydrogens (tertiary/aromatic N) is 2. The largest absolute Gasteiger partial charge is 0.342 e. The molecule has 0 aliphatic carbocycles. The topological polar surface area (TPSA) is 66.6 Å². The Morgan fingerprint density at radius 3 is 2.20 bits per heavy atom. The lowest BCUT2D eigenvalue weighted by atomic mass is 10.0. The van der Waals surface area contributed by atoms with Crippen molar-refractivity contribution in [2.24, 2.45) is 11.7 Å². The van der Waals surface area contributed by atoms with E-state index in [-0.39, 0.29) is 11.8 Å². The quantitative estimate of drug-likeness (QED) is 0.629. The Morgan fingerprint density at radius 2 is 1.80 bits per heavy atom. The van der Waals surface area contributed by atoms with E-state index in [1.165, 1.54) is 0 Å². The van der Waals surface area contributed by atoms with Gasteiger partial charge in [0.05, 0.1) is 6.04 Å². The van der Waals surface area contributed by atoms with E-state index >= 15 is 0 Å². The van der Waals surface area contributed by atoms with Crippen LogP contribution in [0.2, 0.25) is 0 Å². The van der Waals surface area contributed by atoms with Crippen molar-refractivity contribution in [3.8, 4) is 0 Å². The monoisotopic (exact) mass is 213 g/mol. The summed E-state index contributed by atoms with van der Waals surface area (Å²) in [5.74, 6) is 0.150. The van der Waals surface area contributed by atoms with Crippen molar-refractivity contribution in [3.05, 3.63) is 0 Å². The Kier molecular flexibility index (Phi) is 4.08. The molecule has 86 valence electrons. The minimum atomic E-state index is -0.423. The van der Waals surface area contributed by atoms with Gasteiger partial charge in [0.15, 0.2) is 0 Å². The number of hydrogen-bond acceptors (Lipinski definition) is 3. The maximum absolute atomic E-state index is 11.8. The number of rotatable bonds is 3. The molecule has 1 rings (SSSR count). The van der Waals surface area contributed by atoms with Gasteiger partial charge in [-0.1, -0.05) is 13.8 Å². The van der Waals surface area contributed by atoms with E-state index < -0.39 is 6.04 Å². The second-order valence-electron chi connectivity index (χ2n) is 4.24. The van der Waals surface area contributed by atoms with Crippen molar-refractivity contribution in [3.63, 3.8) is 0 Å². The minimum Gasteiger partial charge on any atom is -0.342 e. The lowest BCUT2D eigenvalue weighted by molar-refractivity contribution is -0.137. The predicted molar refractivity (Wildman–Crippen MR) is 57.0 cm³/mol. The molecular formula is C10H19N3O2. The molecule has 1 fully saturated rings. The molecule has 5 nitrogen and oxygen atoms in total. The van der Waals surface area contributed by atoms with Gasteiger partial charge in [0.1, 0.15) is 0 Å². The fourth-order valence-corrected chi connectivity index (χ4v) is 1.54. The van der Waals surface area contributed by atoms with Crippen LogP contribution in [-0.2, 0) is 9.59 Å². The first-order valence-electron chi connectivity index (χ1n) is 5.30. The third-order valence-corrected chi connectivity index (χ3v) is 2.78. The molecule has 1 heterocycles. The zero-order valence-corrected chi connectivity index (χ0v) is 9.35. The molecule has 0 aromatic carbocycles. The van der Waals surface area contributed by atoms with Gasteiger partial charge in [0.2, 0.25) is 12.3 Å². The molecule has 0 unspecified atom stereocenters. The molecule has 0 radical (unpaired) electrons. The number of hydrogen-bond donors (Lipinski definition) is 1. The van der Waals surface area contributed by atoms with Gasteiger partial charge in [-0.3, -0.25) is 9.59 Å². The van der Waals surface area contributed by atoms with Gasteiger partial charge >= 0.3 is 0 Å². The van der Waals surface area contributed by atoms with Crippen molar-refractivity contribution < 1.29 is 9.59 Å². The molecule has 0 bridgehead atoms. The van der Waals surface area contributed by atoms with E-state index in [9.17, 15) is 9.59 Å². The Hall–Kier alpha value is -1.10. The second kappa shape index (κ2) is 5.11. The van der Waals surface area contributed by atoms with E-state index in [4.69, 9.17) is 5.73 Å². The van der Waals surface area contributed by atoms with Crippen LogP contribution < -0.4 is 5.73 Å². The first-order chi connectivity index (χ1) is 7.06. The maximum atomic E-state index is 11.8. The number of amides is 2. The average molecular weight is 213 g/mol. The summed E-state index contributed by atoms with van der Waals surface area (Å²) in [6.07, 6.45) is 0.824. The molecule has 0 saturated carbocycles. The summed E-state index contributed by atoms with van der Waals surface area (Å²) in [6, 6.07) is -0.423. The Morgan fingerprint density at radius 1 is 1.27 bits per heavy atom. The first kappa shape index (κ1) is 12.0. The van der Waals surface area contributed by atoms with Gasteiger partial charge in [0, 0.05) is 26.2 Å². The predicted octanol–water partition coefficient (Wildman–Crippen LogP) is -0.730. The summed E-state index contributed by atoms with van der Waals surface area (Å²) in [7, 11) is 0. The molecule has 5 heteroatoms. The summed E-state index contributed by atoms with van der Waals surface area (Å²) in [5, 5.41) is 0. The van der Waals surface area contributed by atoms with Gasteiger partial charge in [-0.05, 0) is 5.92 Å². The summed E-state index contributed by atoms with van der Waals surface area (Å²) in [4.78, 5) is 25.7. The van der Waals surface area contributed by atoms with Crippen LogP contribution in [-0.4, -0.2) is 54.3 Å². The van der Waals surface area contributed by atoms with Crippen LogP contribution in [0, 0.1) is 5.92 Å². The molecule has 1 atom stereocenters. The van der Waals surface area contributed by atoms with Crippen molar-refractivity contribution in [1.29, 1.82) is 0 Å². The van der Waals surface area contributed by atoms with E-state index in [2.05, 4.69) is 0 Å². The van der Waals surface area contributed by atoms with E-state index in [1.54, 1.807) is 9.80 Å². The van der Waals surface area contributed by atoms with Crippen molar-refractivity contribution >= 4 is 12.3 Å². The van der Waals surface area contributed by atoms with E-state index in [1.807, 2.05) is 13.8 Å². The van der Waals surface area contributed by atoms with Crippen LogP contribution in [0.1, 0.15) is 13.8 Å². The summed E-state index contributed by atoms with van der Waals surface area (Å²) in [5.41, 5.74) is 5.78. The van der Waals surface area contributed by atoms with Gasteiger partial charge in [0.25, 0.3) is 0 Å². The molecule has 1 aliphatic rings. The zero-order chi connectivity index (χ0) is 11.4. The van der Waals surface area contributed by atoms with E-state index in [0.29, 0.717) is 26.2 Å². The molecule has 0 spiro atoms. The number of nitrogens with two attached hydrogens (primary N) is 1.